The Morgan fingerprint density at radius 2 is 2.03 bits per heavy atom. The number of hydrogen-bond acceptors (Lipinski definition) is 5. The van der Waals surface area contributed by atoms with E-state index in [9.17, 15) is 4.79 Å². The molecular formula is C22H21Br2ClN4O3. The van der Waals surface area contributed by atoms with Gasteiger partial charge in [-0.15, -0.1) is 0 Å². The summed E-state index contributed by atoms with van der Waals surface area (Å²) in [4.78, 5) is 12.2. The van der Waals surface area contributed by atoms with Crippen molar-refractivity contribution in [3.8, 4) is 11.5 Å². The summed E-state index contributed by atoms with van der Waals surface area (Å²) in [6.45, 7) is 4.12. The molecular weight excluding hydrogens is 564 g/mol. The van der Waals surface area contributed by atoms with Crippen LogP contribution in [0.15, 0.2) is 50.4 Å². The van der Waals surface area contributed by atoms with Crippen LogP contribution < -0.4 is 14.9 Å². The van der Waals surface area contributed by atoms with E-state index in [0.717, 1.165) is 21.4 Å². The second-order valence-electron chi connectivity index (χ2n) is 6.85. The van der Waals surface area contributed by atoms with Crippen molar-refractivity contribution in [3.63, 3.8) is 0 Å². The Morgan fingerprint density at radius 1 is 1.28 bits per heavy atom. The molecule has 0 aliphatic carbocycles. The number of aryl methyl sites for hydroxylation is 1. The summed E-state index contributed by atoms with van der Waals surface area (Å²) in [7, 11) is 1.55. The molecule has 0 unspecified atom stereocenters. The normalized spacial score (nSPS) is 11.1. The lowest BCUT2D eigenvalue weighted by Gasteiger charge is -2.14. The second kappa shape index (κ2) is 11.0. The Balaban J connectivity index is 1.65. The third-order valence-corrected chi connectivity index (χ3v) is 6.68. The zero-order valence-corrected chi connectivity index (χ0v) is 21.6. The van der Waals surface area contributed by atoms with Gasteiger partial charge in [0.05, 0.1) is 33.7 Å². The van der Waals surface area contributed by atoms with Gasteiger partial charge in [-0.1, -0.05) is 29.8 Å². The zero-order valence-electron chi connectivity index (χ0n) is 17.7. The zero-order chi connectivity index (χ0) is 23.3. The van der Waals surface area contributed by atoms with E-state index in [1.165, 1.54) is 6.21 Å². The SMILES string of the molecule is COc1cc(/C=N/NC(=O)Cn2nc(C)c(Br)c2C)cc(Br)c1OCc1ccccc1Cl. The minimum Gasteiger partial charge on any atom is -0.493 e. The van der Waals surface area contributed by atoms with Crippen molar-refractivity contribution in [3.05, 3.63) is 72.9 Å². The van der Waals surface area contributed by atoms with Gasteiger partial charge in [-0.2, -0.15) is 10.2 Å². The van der Waals surface area contributed by atoms with Crippen LogP contribution in [0.2, 0.25) is 5.02 Å². The van der Waals surface area contributed by atoms with Crippen LogP contribution >= 0.6 is 43.5 Å². The Hall–Kier alpha value is -2.36. The van der Waals surface area contributed by atoms with Crippen molar-refractivity contribution < 1.29 is 14.3 Å². The van der Waals surface area contributed by atoms with E-state index in [2.05, 4.69) is 47.5 Å². The van der Waals surface area contributed by atoms with E-state index < -0.39 is 0 Å². The van der Waals surface area contributed by atoms with Crippen molar-refractivity contribution in [2.24, 2.45) is 5.10 Å². The maximum Gasteiger partial charge on any atom is 0.261 e. The molecule has 0 bridgehead atoms. The van der Waals surface area contributed by atoms with Gasteiger partial charge in [-0.05, 0) is 69.5 Å². The first-order valence-electron chi connectivity index (χ1n) is 9.55. The number of halogens is 3. The largest absolute Gasteiger partial charge is 0.493 e. The molecule has 3 rings (SSSR count). The van der Waals surface area contributed by atoms with Crippen molar-refractivity contribution in [2.75, 3.05) is 7.11 Å². The lowest BCUT2D eigenvalue weighted by atomic mass is 10.2. The van der Waals surface area contributed by atoms with Gasteiger partial charge in [-0.25, -0.2) is 5.43 Å². The number of carbonyl (C=O) groups excluding carboxylic acids is 1. The van der Waals surface area contributed by atoms with Crippen molar-refractivity contribution in [1.29, 1.82) is 0 Å². The number of benzene rings is 2. The molecule has 1 aromatic heterocycles. The highest BCUT2D eigenvalue weighted by molar-refractivity contribution is 9.10. The quantitative estimate of drug-likeness (QED) is 0.284. The average molecular weight is 585 g/mol. The van der Waals surface area contributed by atoms with Crippen LogP contribution in [0.25, 0.3) is 0 Å². The lowest BCUT2D eigenvalue weighted by molar-refractivity contribution is -0.121. The Morgan fingerprint density at radius 3 is 2.69 bits per heavy atom. The van der Waals surface area contributed by atoms with E-state index in [0.29, 0.717) is 33.2 Å². The molecule has 10 heteroatoms. The number of rotatable bonds is 8. The standard InChI is InChI=1S/C22H21Br2ClN4O3/c1-13-21(24)14(2)29(28-13)11-20(30)27-26-10-15-8-17(23)22(19(9-15)31-3)32-12-16-6-4-5-7-18(16)25/h4-10H,11-12H2,1-3H3,(H,27,30)/b26-10+. The number of hydrogen-bond donors (Lipinski definition) is 1. The van der Waals surface area contributed by atoms with Crippen LogP contribution in [-0.4, -0.2) is 29.0 Å². The Labute approximate surface area is 208 Å². The Kier molecular flexibility index (Phi) is 8.33. The van der Waals surface area contributed by atoms with E-state index in [4.69, 9.17) is 21.1 Å². The molecule has 1 amide bonds. The van der Waals surface area contributed by atoms with E-state index in [-0.39, 0.29) is 12.5 Å². The van der Waals surface area contributed by atoms with Gasteiger partial charge in [0.2, 0.25) is 0 Å². The smallest absolute Gasteiger partial charge is 0.261 e. The molecule has 32 heavy (non-hydrogen) atoms. The number of methoxy groups -OCH3 is 1. The lowest BCUT2D eigenvalue weighted by Crippen LogP contribution is -2.24. The molecule has 1 heterocycles. The van der Waals surface area contributed by atoms with E-state index in [1.54, 1.807) is 17.9 Å². The highest BCUT2D eigenvalue weighted by Crippen LogP contribution is 2.37. The number of ether oxygens (including phenoxy) is 2. The van der Waals surface area contributed by atoms with Crippen molar-refractivity contribution in [2.45, 2.75) is 27.0 Å². The number of aromatic nitrogens is 2. The first-order chi connectivity index (χ1) is 15.3. The summed E-state index contributed by atoms with van der Waals surface area (Å²) in [5.41, 5.74) is 5.80. The maximum absolute atomic E-state index is 12.2. The van der Waals surface area contributed by atoms with Gasteiger partial charge in [0.1, 0.15) is 13.2 Å². The topological polar surface area (TPSA) is 77.7 Å². The van der Waals surface area contributed by atoms with Gasteiger partial charge >= 0.3 is 0 Å². The number of nitrogens with zero attached hydrogens (tertiary/aromatic N) is 3. The fourth-order valence-corrected chi connectivity index (χ4v) is 3.95. The third kappa shape index (κ3) is 5.90. The van der Waals surface area contributed by atoms with E-state index in [1.807, 2.05) is 44.2 Å². The van der Waals surface area contributed by atoms with Gasteiger partial charge in [-0.3, -0.25) is 9.48 Å². The first-order valence-corrected chi connectivity index (χ1v) is 11.5. The first kappa shape index (κ1) is 24.3. The molecule has 0 radical (unpaired) electrons. The fraction of sp³-hybridized carbons (Fsp3) is 0.227. The molecule has 7 nitrogen and oxygen atoms in total. The summed E-state index contributed by atoms with van der Waals surface area (Å²) >= 11 is 13.2. The molecule has 0 spiro atoms. The molecule has 3 aromatic rings. The number of nitrogens with one attached hydrogen (secondary N) is 1. The summed E-state index contributed by atoms with van der Waals surface area (Å²) < 4.78 is 14.6. The van der Waals surface area contributed by atoms with Crippen LogP contribution in [0.1, 0.15) is 22.5 Å². The van der Waals surface area contributed by atoms with Crippen LogP contribution in [0, 0.1) is 13.8 Å². The molecule has 0 saturated carbocycles. The molecule has 0 atom stereocenters. The van der Waals surface area contributed by atoms with Crippen LogP contribution in [-0.2, 0) is 17.9 Å². The highest BCUT2D eigenvalue weighted by atomic mass is 79.9. The summed E-state index contributed by atoms with van der Waals surface area (Å²) in [6.07, 6.45) is 1.53. The van der Waals surface area contributed by atoms with Crippen molar-refractivity contribution in [1.82, 2.24) is 15.2 Å². The maximum atomic E-state index is 12.2. The molecule has 0 fully saturated rings. The summed E-state index contributed by atoms with van der Waals surface area (Å²) in [5, 5.41) is 8.99. The predicted octanol–water partition coefficient (Wildman–Crippen LogP) is 5.42. The number of hydrazone groups is 1. The van der Waals surface area contributed by atoms with Gasteiger partial charge in [0, 0.05) is 10.6 Å². The van der Waals surface area contributed by atoms with Crippen LogP contribution in [0.3, 0.4) is 0 Å². The number of amides is 1. The summed E-state index contributed by atoms with van der Waals surface area (Å²) in [5.74, 6) is 0.778. The average Bonchev–Trinajstić information content (AvgIpc) is 3.00. The molecule has 0 saturated heterocycles. The molecule has 0 aliphatic rings. The monoisotopic (exact) mass is 582 g/mol. The highest BCUT2D eigenvalue weighted by Gasteiger charge is 2.13. The van der Waals surface area contributed by atoms with Crippen LogP contribution in [0.4, 0.5) is 0 Å². The molecule has 2 aromatic carbocycles. The molecule has 168 valence electrons. The van der Waals surface area contributed by atoms with Crippen molar-refractivity contribution >= 4 is 55.6 Å². The second-order valence-corrected chi connectivity index (χ2v) is 8.90. The molecule has 1 N–H and O–H groups in total. The van der Waals surface area contributed by atoms with E-state index >= 15 is 0 Å². The fourth-order valence-electron chi connectivity index (χ4n) is 2.90. The van der Waals surface area contributed by atoms with Gasteiger partial charge in [0.15, 0.2) is 11.5 Å². The minimum absolute atomic E-state index is 0.0669. The number of carbonyl (C=O) groups is 1. The van der Waals surface area contributed by atoms with Gasteiger partial charge < -0.3 is 9.47 Å². The third-order valence-electron chi connectivity index (χ3n) is 4.57. The van der Waals surface area contributed by atoms with Crippen LogP contribution in [0.5, 0.6) is 11.5 Å². The van der Waals surface area contributed by atoms with Gasteiger partial charge in [0.25, 0.3) is 5.91 Å². The Bertz CT molecular complexity index is 1160. The predicted molar refractivity (Wildman–Crippen MR) is 132 cm³/mol. The molecule has 0 aliphatic heterocycles. The summed E-state index contributed by atoms with van der Waals surface area (Å²) in [6, 6.07) is 11.1. The minimum atomic E-state index is -0.287.